The van der Waals surface area contributed by atoms with Crippen molar-refractivity contribution >= 4 is 15.9 Å². The maximum atomic E-state index is 6.46. The third-order valence-electron chi connectivity index (χ3n) is 4.02. The van der Waals surface area contributed by atoms with Gasteiger partial charge in [-0.1, -0.05) is 28.1 Å². The molecule has 0 radical (unpaired) electrons. The Labute approximate surface area is 124 Å². The molecule has 0 bridgehead atoms. The summed E-state index contributed by atoms with van der Waals surface area (Å²) < 4.78 is 7.25. The van der Waals surface area contributed by atoms with Crippen LogP contribution in [-0.4, -0.2) is 17.2 Å². The monoisotopic (exact) mass is 325 g/mol. The van der Waals surface area contributed by atoms with Crippen LogP contribution in [0.15, 0.2) is 28.7 Å². The van der Waals surface area contributed by atoms with Crippen LogP contribution >= 0.6 is 15.9 Å². The maximum absolute atomic E-state index is 6.46. The van der Waals surface area contributed by atoms with E-state index in [9.17, 15) is 0 Å². The molecule has 106 valence electrons. The number of rotatable bonds is 3. The lowest BCUT2D eigenvalue weighted by molar-refractivity contribution is -0.0765. The van der Waals surface area contributed by atoms with Crippen molar-refractivity contribution in [2.45, 2.75) is 57.8 Å². The molecule has 2 N–H and O–H groups in total. The van der Waals surface area contributed by atoms with Gasteiger partial charge < -0.3 is 10.5 Å². The third-order valence-corrected chi connectivity index (χ3v) is 4.51. The van der Waals surface area contributed by atoms with Crippen LogP contribution in [0.25, 0.3) is 0 Å². The minimum absolute atomic E-state index is 0.0664. The van der Waals surface area contributed by atoms with Gasteiger partial charge in [-0.3, -0.25) is 0 Å². The van der Waals surface area contributed by atoms with Crippen molar-refractivity contribution < 1.29 is 4.74 Å². The normalized spacial score (nSPS) is 26.3. The van der Waals surface area contributed by atoms with Crippen LogP contribution in [0.4, 0.5) is 0 Å². The summed E-state index contributed by atoms with van der Waals surface area (Å²) in [6.45, 7) is 8.63. The van der Waals surface area contributed by atoms with Crippen LogP contribution in [0.1, 0.15) is 39.7 Å². The van der Waals surface area contributed by atoms with Crippen molar-refractivity contribution in [3.63, 3.8) is 0 Å². The molecule has 0 aliphatic carbocycles. The van der Waals surface area contributed by atoms with E-state index < -0.39 is 0 Å². The molecule has 1 aromatic rings. The minimum atomic E-state index is -0.144. The Hall–Kier alpha value is -0.380. The van der Waals surface area contributed by atoms with Gasteiger partial charge in [-0.25, -0.2) is 0 Å². The van der Waals surface area contributed by atoms with Gasteiger partial charge in [-0.15, -0.1) is 0 Å². The van der Waals surface area contributed by atoms with Gasteiger partial charge in [0.05, 0.1) is 11.2 Å². The number of nitrogens with two attached hydrogens (primary N) is 1. The standard InChI is InChI=1S/C16H24BrNO/c1-15(2)10-13(16(3,4)19-15)14(18)9-11-6-5-7-12(17)8-11/h5-8,13-14H,9-10,18H2,1-4H3. The van der Waals surface area contributed by atoms with Gasteiger partial charge in [-0.2, -0.15) is 0 Å². The Morgan fingerprint density at radius 3 is 2.58 bits per heavy atom. The molecular formula is C16H24BrNO. The predicted octanol–water partition coefficient (Wildman–Crippen LogP) is 3.91. The van der Waals surface area contributed by atoms with E-state index in [4.69, 9.17) is 10.5 Å². The molecule has 0 amide bonds. The number of halogens is 1. The van der Waals surface area contributed by atoms with Crippen LogP contribution in [0.3, 0.4) is 0 Å². The van der Waals surface area contributed by atoms with Crippen molar-refractivity contribution in [1.82, 2.24) is 0 Å². The molecule has 1 fully saturated rings. The minimum Gasteiger partial charge on any atom is -0.369 e. The van der Waals surface area contributed by atoms with E-state index in [-0.39, 0.29) is 17.2 Å². The van der Waals surface area contributed by atoms with Crippen LogP contribution in [0.5, 0.6) is 0 Å². The number of hydrogen-bond acceptors (Lipinski definition) is 2. The van der Waals surface area contributed by atoms with Crippen molar-refractivity contribution in [3.05, 3.63) is 34.3 Å². The first kappa shape index (κ1) is 15.0. The highest BCUT2D eigenvalue weighted by Gasteiger charge is 2.47. The molecular weight excluding hydrogens is 302 g/mol. The highest BCUT2D eigenvalue weighted by atomic mass is 79.9. The second-order valence-electron chi connectivity index (χ2n) is 6.77. The van der Waals surface area contributed by atoms with Crippen LogP contribution in [0, 0.1) is 5.92 Å². The zero-order valence-electron chi connectivity index (χ0n) is 12.2. The lowest BCUT2D eigenvalue weighted by Gasteiger charge is -2.31. The number of ether oxygens (including phenoxy) is 1. The van der Waals surface area contributed by atoms with E-state index >= 15 is 0 Å². The SMILES string of the molecule is CC1(C)CC(C(N)Cc2cccc(Br)c2)C(C)(C)O1. The number of hydrogen-bond donors (Lipinski definition) is 1. The fourth-order valence-electron chi connectivity index (χ4n) is 3.35. The molecule has 1 saturated heterocycles. The first-order valence-electron chi connectivity index (χ1n) is 6.90. The van der Waals surface area contributed by atoms with E-state index in [2.05, 4.69) is 61.8 Å². The summed E-state index contributed by atoms with van der Waals surface area (Å²) in [6, 6.07) is 8.52. The van der Waals surface area contributed by atoms with E-state index in [1.807, 2.05) is 6.07 Å². The zero-order chi connectivity index (χ0) is 14.3. The summed E-state index contributed by atoms with van der Waals surface area (Å²) in [5, 5.41) is 0. The molecule has 1 aliphatic rings. The molecule has 2 nitrogen and oxygen atoms in total. The smallest absolute Gasteiger partial charge is 0.0677 e. The van der Waals surface area contributed by atoms with E-state index in [1.54, 1.807) is 0 Å². The Kier molecular flexibility index (Phi) is 4.10. The summed E-state index contributed by atoms with van der Waals surface area (Å²) in [6.07, 6.45) is 1.92. The van der Waals surface area contributed by atoms with Crippen LogP contribution < -0.4 is 5.73 Å². The van der Waals surface area contributed by atoms with Crippen LogP contribution in [0.2, 0.25) is 0 Å². The van der Waals surface area contributed by atoms with Gasteiger partial charge in [0.2, 0.25) is 0 Å². The maximum Gasteiger partial charge on any atom is 0.0677 e. The lowest BCUT2D eigenvalue weighted by atomic mass is 9.80. The fraction of sp³-hybridized carbons (Fsp3) is 0.625. The molecule has 19 heavy (non-hydrogen) atoms. The number of benzene rings is 1. The highest BCUT2D eigenvalue weighted by Crippen LogP contribution is 2.43. The second-order valence-corrected chi connectivity index (χ2v) is 7.69. The van der Waals surface area contributed by atoms with Crippen molar-refractivity contribution in [1.29, 1.82) is 0 Å². The molecule has 3 heteroatoms. The van der Waals surface area contributed by atoms with Crippen molar-refractivity contribution in [2.24, 2.45) is 11.7 Å². The largest absolute Gasteiger partial charge is 0.369 e. The molecule has 2 atom stereocenters. The highest BCUT2D eigenvalue weighted by molar-refractivity contribution is 9.10. The van der Waals surface area contributed by atoms with Gasteiger partial charge in [0, 0.05) is 16.4 Å². The average Bonchev–Trinajstić information content (AvgIpc) is 2.46. The van der Waals surface area contributed by atoms with E-state index in [0.29, 0.717) is 5.92 Å². The van der Waals surface area contributed by atoms with E-state index in [0.717, 1.165) is 17.3 Å². The Bertz CT molecular complexity index is 456. The lowest BCUT2D eigenvalue weighted by Crippen LogP contribution is -2.42. The summed E-state index contributed by atoms with van der Waals surface area (Å²) in [5.74, 6) is 0.390. The Balaban J connectivity index is 2.10. The Morgan fingerprint density at radius 1 is 1.37 bits per heavy atom. The summed E-state index contributed by atoms with van der Waals surface area (Å²) >= 11 is 3.51. The molecule has 1 aromatic carbocycles. The molecule has 1 heterocycles. The Morgan fingerprint density at radius 2 is 2.05 bits per heavy atom. The molecule has 2 rings (SSSR count). The summed E-state index contributed by atoms with van der Waals surface area (Å²) in [5.41, 5.74) is 7.53. The average molecular weight is 326 g/mol. The fourth-order valence-corrected chi connectivity index (χ4v) is 3.80. The summed E-state index contributed by atoms with van der Waals surface area (Å²) in [4.78, 5) is 0. The van der Waals surface area contributed by atoms with E-state index in [1.165, 1.54) is 5.56 Å². The second kappa shape index (κ2) is 5.19. The van der Waals surface area contributed by atoms with Gasteiger partial charge in [-0.05, 0) is 58.2 Å². The van der Waals surface area contributed by atoms with Gasteiger partial charge >= 0.3 is 0 Å². The summed E-state index contributed by atoms with van der Waals surface area (Å²) in [7, 11) is 0. The van der Waals surface area contributed by atoms with Crippen molar-refractivity contribution in [2.75, 3.05) is 0 Å². The van der Waals surface area contributed by atoms with Gasteiger partial charge in [0.25, 0.3) is 0 Å². The molecule has 0 spiro atoms. The first-order chi connectivity index (χ1) is 8.70. The van der Waals surface area contributed by atoms with Gasteiger partial charge in [0.1, 0.15) is 0 Å². The van der Waals surface area contributed by atoms with Crippen molar-refractivity contribution in [3.8, 4) is 0 Å². The molecule has 0 saturated carbocycles. The zero-order valence-corrected chi connectivity index (χ0v) is 13.8. The quantitative estimate of drug-likeness (QED) is 0.914. The third kappa shape index (κ3) is 3.59. The molecule has 0 aromatic heterocycles. The van der Waals surface area contributed by atoms with Crippen LogP contribution in [-0.2, 0) is 11.2 Å². The predicted molar refractivity (Wildman–Crippen MR) is 83.2 cm³/mol. The first-order valence-corrected chi connectivity index (χ1v) is 7.69. The molecule has 2 unspecified atom stereocenters. The molecule has 1 aliphatic heterocycles. The van der Waals surface area contributed by atoms with Gasteiger partial charge in [0.15, 0.2) is 0 Å². The topological polar surface area (TPSA) is 35.2 Å².